The molecule has 0 saturated carbocycles. The first kappa shape index (κ1) is 14.4. The van der Waals surface area contributed by atoms with E-state index in [1.807, 2.05) is 6.07 Å². The molecule has 1 heterocycles. The van der Waals surface area contributed by atoms with Gasteiger partial charge in [-0.25, -0.2) is 4.39 Å². The SMILES string of the molecule is N#Cc1cccc(C#N)c1NC1CCSc2c(F)cccc21. The van der Waals surface area contributed by atoms with Gasteiger partial charge in [0.15, 0.2) is 0 Å². The normalized spacial score (nSPS) is 16.2. The maximum atomic E-state index is 13.9. The smallest absolute Gasteiger partial charge is 0.137 e. The third-order valence-electron chi connectivity index (χ3n) is 3.65. The largest absolute Gasteiger partial charge is 0.376 e. The summed E-state index contributed by atoms with van der Waals surface area (Å²) >= 11 is 1.50. The lowest BCUT2D eigenvalue weighted by atomic mass is 10.0. The number of hydrogen-bond acceptors (Lipinski definition) is 4. The van der Waals surface area contributed by atoms with E-state index in [0.29, 0.717) is 21.7 Å². The fourth-order valence-corrected chi connectivity index (χ4v) is 3.75. The molecule has 5 heteroatoms. The molecule has 0 saturated heterocycles. The highest BCUT2D eigenvalue weighted by molar-refractivity contribution is 7.99. The number of fused-ring (bicyclic) bond motifs is 1. The van der Waals surface area contributed by atoms with Gasteiger partial charge in [0.25, 0.3) is 0 Å². The van der Waals surface area contributed by atoms with Crippen LogP contribution in [0.3, 0.4) is 0 Å². The number of rotatable bonds is 2. The van der Waals surface area contributed by atoms with Crippen LogP contribution >= 0.6 is 11.8 Å². The predicted octanol–water partition coefficient (Wildman–Crippen LogP) is 4.22. The zero-order valence-corrected chi connectivity index (χ0v) is 12.5. The molecule has 0 bridgehead atoms. The number of hydrogen-bond donors (Lipinski definition) is 1. The van der Waals surface area contributed by atoms with Gasteiger partial charge in [0.2, 0.25) is 0 Å². The van der Waals surface area contributed by atoms with Crippen molar-refractivity contribution in [3.8, 4) is 12.1 Å². The van der Waals surface area contributed by atoms with Crippen molar-refractivity contribution < 1.29 is 4.39 Å². The number of thioether (sulfide) groups is 1. The van der Waals surface area contributed by atoms with Crippen molar-refractivity contribution >= 4 is 17.4 Å². The number of para-hydroxylation sites is 1. The van der Waals surface area contributed by atoms with Crippen LogP contribution in [0.4, 0.5) is 10.1 Å². The fraction of sp³-hybridized carbons (Fsp3) is 0.176. The number of benzene rings is 2. The molecule has 1 aliphatic rings. The summed E-state index contributed by atoms with van der Waals surface area (Å²) in [7, 11) is 0. The predicted molar refractivity (Wildman–Crippen MR) is 84.0 cm³/mol. The van der Waals surface area contributed by atoms with Gasteiger partial charge < -0.3 is 5.32 Å². The minimum atomic E-state index is -0.219. The van der Waals surface area contributed by atoms with Crippen LogP contribution in [0.15, 0.2) is 41.3 Å². The minimum Gasteiger partial charge on any atom is -0.376 e. The molecule has 108 valence electrons. The number of nitriles is 2. The monoisotopic (exact) mass is 309 g/mol. The molecule has 0 radical (unpaired) electrons. The molecule has 0 spiro atoms. The van der Waals surface area contributed by atoms with Crippen LogP contribution in [0.2, 0.25) is 0 Å². The van der Waals surface area contributed by atoms with E-state index in [4.69, 9.17) is 0 Å². The molecular formula is C17H12FN3S. The van der Waals surface area contributed by atoms with Crippen molar-refractivity contribution in [3.63, 3.8) is 0 Å². The Morgan fingerprint density at radius 1 is 1.09 bits per heavy atom. The maximum absolute atomic E-state index is 13.9. The lowest BCUT2D eigenvalue weighted by molar-refractivity contribution is 0.585. The Labute approximate surface area is 132 Å². The Morgan fingerprint density at radius 3 is 2.45 bits per heavy atom. The number of nitrogens with one attached hydrogen (secondary N) is 1. The van der Waals surface area contributed by atoms with Gasteiger partial charge >= 0.3 is 0 Å². The molecule has 0 amide bonds. The second-order valence-electron chi connectivity index (χ2n) is 4.94. The van der Waals surface area contributed by atoms with Crippen LogP contribution in [0.1, 0.15) is 29.2 Å². The summed E-state index contributed by atoms with van der Waals surface area (Å²) in [5.74, 6) is 0.574. The van der Waals surface area contributed by atoms with Crippen LogP contribution < -0.4 is 5.32 Å². The van der Waals surface area contributed by atoms with Crippen LogP contribution in [-0.4, -0.2) is 5.75 Å². The Morgan fingerprint density at radius 2 is 1.77 bits per heavy atom. The van der Waals surface area contributed by atoms with Crippen LogP contribution in [0.25, 0.3) is 0 Å². The second-order valence-corrected chi connectivity index (χ2v) is 6.05. The molecule has 1 N–H and O–H groups in total. The van der Waals surface area contributed by atoms with E-state index < -0.39 is 0 Å². The average molecular weight is 309 g/mol. The highest BCUT2D eigenvalue weighted by Gasteiger charge is 2.24. The second kappa shape index (κ2) is 6.09. The van der Waals surface area contributed by atoms with Gasteiger partial charge in [-0.05, 0) is 30.2 Å². The number of halogens is 1. The molecule has 1 atom stereocenters. The zero-order chi connectivity index (χ0) is 15.5. The van der Waals surface area contributed by atoms with Crippen molar-refractivity contribution in [3.05, 3.63) is 58.9 Å². The van der Waals surface area contributed by atoms with E-state index in [0.717, 1.165) is 17.7 Å². The summed E-state index contributed by atoms with van der Waals surface area (Å²) in [6.45, 7) is 0. The van der Waals surface area contributed by atoms with Crippen LogP contribution in [0.5, 0.6) is 0 Å². The number of nitrogens with zero attached hydrogens (tertiary/aromatic N) is 2. The van der Waals surface area contributed by atoms with Gasteiger partial charge in [0, 0.05) is 10.6 Å². The first-order valence-corrected chi connectivity index (χ1v) is 7.84. The Kier molecular flexibility index (Phi) is 4.00. The first-order chi connectivity index (χ1) is 10.7. The molecule has 0 fully saturated rings. The average Bonchev–Trinajstić information content (AvgIpc) is 2.56. The lowest BCUT2D eigenvalue weighted by Gasteiger charge is -2.27. The molecule has 2 aromatic carbocycles. The van der Waals surface area contributed by atoms with Gasteiger partial charge in [0.1, 0.15) is 18.0 Å². The lowest BCUT2D eigenvalue weighted by Crippen LogP contribution is -2.18. The van der Waals surface area contributed by atoms with Crippen molar-refractivity contribution in [1.82, 2.24) is 0 Å². The molecule has 1 unspecified atom stereocenters. The van der Waals surface area contributed by atoms with Crippen molar-refractivity contribution in [2.75, 3.05) is 11.1 Å². The quantitative estimate of drug-likeness (QED) is 0.902. The Balaban J connectivity index is 2.02. The van der Waals surface area contributed by atoms with Gasteiger partial charge in [-0.2, -0.15) is 10.5 Å². The molecule has 1 aliphatic heterocycles. The summed E-state index contributed by atoms with van der Waals surface area (Å²) in [4.78, 5) is 0.652. The summed E-state index contributed by atoms with van der Waals surface area (Å²) < 4.78 is 13.9. The summed E-state index contributed by atoms with van der Waals surface area (Å²) in [5, 5.41) is 21.8. The summed E-state index contributed by atoms with van der Waals surface area (Å²) in [5.41, 5.74) is 2.26. The van der Waals surface area contributed by atoms with Gasteiger partial charge in [-0.1, -0.05) is 18.2 Å². The van der Waals surface area contributed by atoms with Crippen molar-refractivity contribution in [1.29, 1.82) is 10.5 Å². The summed E-state index contributed by atoms with van der Waals surface area (Å²) in [6, 6.07) is 14.2. The molecule has 3 rings (SSSR count). The molecule has 2 aromatic rings. The molecule has 0 aromatic heterocycles. The zero-order valence-electron chi connectivity index (χ0n) is 11.6. The highest BCUT2D eigenvalue weighted by Crippen LogP contribution is 2.40. The minimum absolute atomic E-state index is 0.103. The first-order valence-electron chi connectivity index (χ1n) is 6.85. The Hall–Kier alpha value is -2.50. The van der Waals surface area contributed by atoms with Crippen LogP contribution in [0, 0.1) is 28.5 Å². The van der Waals surface area contributed by atoms with E-state index in [1.54, 1.807) is 24.3 Å². The topological polar surface area (TPSA) is 59.6 Å². The fourth-order valence-electron chi connectivity index (χ4n) is 2.60. The highest BCUT2D eigenvalue weighted by atomic mass is 32.2. The van der Waals surface area contributed by atoms with Gasteiger partial charge in [-0.3, -0.25) is 0 Å². The molecule has 3 nitrogen and oxygen atoms in total. The van der Waals surface area contributed by atoms with Crippen molar-refractivity contribution in [2.45, 2.75) is 17.4 Å². The van der Waals surface area contributed by atoms with Crippen molar-refractivity contribution in [2.24, 2.45) is 0 Å². The standard InChI is InChI=1S/C17H12FN3S/c18-14-6-2-5-13-15(7-8-22-17(13)14)21-16-11(9-19)3-1-4-12(16)10-20/h1-6,15,21H,7-8H2. The van der Waals surface area contributed by atoms with E-state index in [1.165, 1.54) is 17.8 Å². The Bertz CT molecular complexity index is 772. The third kappa shape index (κ3) is 2.52. The third-order valence-corrected chi connectivity index (χ3v) is 4.81. The van der Waals surface area contributed by atoms with E-state index in [2.05, 4.69) is 17.5 Å². The number of anilines is 1. The van der Waals surface area contributed by atoms with E-state index >= 15 is 0 Å². The van der Waals surface area contributed by atoms with E-state index in [-0.39, 0.29) is 11.9 Å². The van der Waals surface area contributed by atoms with Gasteiger partial charge in [-0.15, -0.1) is 11.8 Å². The summed E-state index contributed by atoms with van der Waals surface area (Å²) in [6.07, 6.45) is 0.811. The molecule has 0 aliphatic carbocycles. The van der Waals surface area contributed by atoms with Gasteiger partial charge in [0.05, 0.1) is 22.9 Å². The molecular weight excluding hydrogens is 297 g/mol. The van der Waals surface area contributed by atoms with E-state index in [9.17, 15) is 14.9 Å². The maximum Gasteiger partial charge on any atom is 0.137 e. The molecule has 22 heavy (non-hydrogen) atoms. The van der Waals surface area contributed by atoms with Crippen LogP contribution in [-0.2, 0) is 0 Å².